The van der Waals surface area contributed by atoms with Crippen molar-refractivity contribution in [1.82, 2.24) is 4.98 Å². The summed E-state index contributed by atoms with van der Waals surface area (Å²) in [6, 6.07) is 6.72. The van der Waals surface area contributed by atoms with Crippen LogP contribution in [0.2, 0.25) is 0 Å². The molecule has 1 aromatic heterocycles. The first-order valence-electron chi connectivity index (χ1n) is 4.78. The van der Waals surface area contributed by atoms with E-state index in [1.54, 1.807) is 24.4 Å². The van der Waals surface area contributed by atoms with Crippen molar-refractivity contribution in [3.8, 4) is 0 Å². The van der Waals surface area contributed by atoms with Gasteiger partial charge in [0, 0.05) is 11.6 Å². The Bertz CT molecular complexity index is 424. The van der Waals surface area contributed by atoms with Crippen LogP contribution in [0.25, 0.3) is 10.9 Å². The topological polar surface area (TPSA) is 12.9 Å². The Hall–Kier alpha value is -1.44. The third kappa shape index (κ3) is 2.08. The SMILES string of the molecule is CC.Cc1cnc2cccc(F)c2c1. The van der Waals surface area contributed by atoms with E-state index in [0.717, 1.165) is 5.56 Å². The molecule has 2 aromatic rings. The third-order valence-electron chi connectivity index (χ3n) is 1.81. The van der Waals surface area contributed by atoms with E-state index >= 15 is 0 Å². The second-order valence-corrected chi connectivity index (χ2v) is 2.82. The molecular formula is C12H14FN. The molecule has 74 valence electrons. The Labute approximate surface area is 83.6 Å². The first-order valence-corrected chi connectivity index (χ1v) is 4.78. The molecule has 0 aliphatic carbocycles. The van der Waals surface area contributed by atoms with Crippen molar-refractivity contribution in [1.29, 1.82) is 0 Å². The summed E-state index contributed by atoms with van der Waals surface area (Å²) in [5, 5.41) is 0.595. The Balaban J connectivity index is 0.000000461. The average Bonchev–Trinajstić information content (AvgIpc) is 2.22. The molecule has 1 heterocycles. The highest BCUT2D eigenvalue weighted by Crippen LogP contribution is 2.15. The zero-order chi connectivity index (χ0) is 10.6. The highest BCUT2D eigenvalue weighted by molar-refractivity contribution is 5.79. The molecule has 0 atom stereocenters. The van der Waals surface area contributed by atoms with E-state index in [1.807, 2.05) is 20.8 Å². The Morgan fingerprint density at radius 3 is 2.64 bits per heavy atom. The standard InChI is InChI=1S/C10H8FN.C2H6/c1-7-5-8-9(11)3-2-4-10(8)12-6-7;1-2/h2-6H,1H3;1-2H3. The maximum atomic E-state index is 13.1. The largest absolute Gasteiger partial charge is 0.256 e. The van der Waals surface area contributed by atoms with Crippen LogP contribution in [0.15, 0.2) is 30.5 Å². The van der Waals surface area contributed by atoms with Gasteiger partial charge in [0.25, 0.3) is 0 Å². The Morgan fingerprint density at radius 2 is 1.93 bits per heavy atom. The minimum atomic E-state index is -0.205. The molecule has 0 N–H and O–H groups in total. The second kappa shape index (κ2) is 4.70. The predicted octanol–water partition coefficient (Wildman–Crippen LogP) is 3.71. The van der Waals surface area contributed by atoms with Crippen LogP contribution in [0.1, 0.15) is 19.4 Å². The highest BCUT2D eigenvalue weighted by Gasteiger charge is 1.99. The van der Waals surface area contributed by atoms with E-state index < -0.39 is 0 Å². The number of pyridine rings is 1. The minimum Gasteiger partial charge on any atom is -0.256 e. The average molecular weight is 191 g/mol. The van der Waals surface area contributed by atoms with E-state index in [4.69, 9.17) is 0 Å². The lowest BCUT2D eigenvalue weighted by atomic mass is 10.2. The summed E-state index contributed by atoms with van der Waals surface area (Å²) in [6.45, 7) is 5.90. The molecule has 0 fully saturated rings. The molecule has 0 saturated heterocycles. The van der Waals surface area contributed by atoms with Gasteiger partial charge in [0.1, 0.15) is 5.82 Å². The van der Waals surface area contributed by atoms with Crippen molar-refractivity contribution < 1.29 is 4.39 Å². The quantitative estimate of drug-likeness (QED) is 0.618. The fourth-order valence-corrected chi connectivity index (χ4v) is 1.22. The number of halogens is 1. The van der Waals surface area contributed by atoms with Crippen LogP contribution < -0.4 is 0 Å². The first-order chi connectivity index (χ1) is 6.77. The number of aryl methyl sites for hydroxylation is 1. The molecule has 0 aliphatic rings. The lowest BCUT2D eigenvalue weighted by molar-refractivity contribution is 0.639. The molecule has 0 unspecified atom stereocenters. The summed E-state index contributed by atoms with van der Waals surface area (Å²) in [7, 11) is 0. The molecule has 0 aliphatic heterocycles. The second-order valence-electron chi connectivity index (χ2n) is 2.82. The van der Waals surface area contributed by atoms with Gasteiger partial charge in [0.2, 0.25) is 0 Å². The van der Waals surface area contributed by atoms with E-state index in [2.05, 4.69) is 4.98 Å². The number of hydrogen-bond acceptors (Lipinski definition) is 1. The zero-order valence-corrected chi connectivity index (χ0v) is 8.71. The van der Waals surface area contributed by atoms with Gasteiger partial charge in [-0.15, -0.1) is 0 Å². The van der Waals surface area contributed by atoms with E-state index in [-0.39, 0.29) is 5.82 Å². The molecular weight excluding hydrogens is 177 g/mol. The molecule has 1 nitrogen and oxygen atoms in total. The summed E-state index contributed by atoms with van der Waals surface area (Å²) < 4.78 is 13.1. The van der Waals surface area contributed by atoms with Crippen molar-refractivity contribution in [2.24, 2.45) is 0 Å². The van der Waals surface area contributed by atoms with Gasteiger partial charge in [-0.1, -0.05) is 19.9 Å². The van der Waals surface area contributed by atoms with Gasteiger partial charge in [0.15, 0.2) is 0 Å². The number of fused-ring (bicyclic) bond motifs is 1. The van der Waals surface area contributed by atoms with E-state index in [0.29, 0.717) is 10.9 Å². The predicted molar refractivity (Wildman–Crippen MR) is 57.8 cm³/mol. The molecule has 0 radical (unpaired) electrons. The van der Waals surface area contributed by atoms with Gasteiger partial charge in [-0.3, -0.25) is 4.98 Å². The highest BCUT2D eigenvalue weighted by atomic mass is 19.1. The number of aromatic nitrogens is 1. The molecule has 2 rings (SSSR count). The van der Waals surface area contributed by atoms with Gasteiger partial charge in [-0.25, -0.2) is 4.39 Å². The summed E-state index contributed by atoms with van der Waals surface area (Å²) in [5.41, 5.74) is 1.69. The minimum absolute atomic E-state index is 0.205. The number of rotatable bonds is 0. The van der Waals surface area contributed by atoms with Crippen molar-refractivity contribution >= 4 is 10.9 Å². The number of benzene rings is 1. The van der Waals surface area contributed by atoms with Crippen LogP contribution in [-0.2, 0) is 0 Å². The summed E-state index contributed by atoms with van der Waals surface area (Å²) in [6.07, 6.45) is 1.74. The lowest BCUT2D eigenvalue weighted by Crippen LogP contribution is -1.83. The summed E-state index contributed by atoms with van der Waals surface area (Å²) in [4.78, 5) is 4.10. The fourth-order valence-electron chi connectivity index (χ4n) is 1.22. The lowest BCUT2D eigenvalue weighted by Gasteiger charge is -1.98. The van der Waals surface area contributed by atoms with E-state index in [9.17, 15) is 4.39 Å². The molecule has 2 heteroatoms. The summed E-state index contributed by atoms with van der Waals surface area (Å²) in [5.74, 6) is -0.205. The molecule has 0 spiro atoms. The van der Waals surface area contributed by atoms with Crippen LogP contribution >= 0.6 is 0 Å². The zero-order valence-electron chi connectivity index (χ0n) is 8.71. The fraction of sp³-hybridized carbons (Fsp3) is 0.250. The van der Waals surface area contributed by atoms with Crippen molar-refractivity contribution in [3.05, 3.63) is 41.8 Å². The van der Waals surface area contributed by atoms with Crippen LogP contribution in [0.4, 0.5) is 4.39 Å². The third-order valence-corrected chi connectivity index (χ3v) is 1.81. The number of hydrogen-bond donors (Lipinski definition) is 0. The smallest absolute Gasteiger partial charge is 0.132 e. The Kier molecular flexibility index (Phi) is 3.57. The van der Waals surface area contributed by atoms with Crippen LogP contribution in [-0.4, -0.2) is 4.98 Å². The number of nitrogens with zero attached hydrogens (tertiary/aromatic N) is 1. The molecule has 0 amide bonds. The maximum Gasteiger partial charge on any atom is 0.132 e. The maximum absolute atomic E-state index is 13.1. The van der Waals surface area contributed by atoms with Crippen LogP contribution in [0.5, 0.6) is 0 Å². The van der Waals surface area contributed by atoms with Gasteiger partial charge < -0.3 is 0 Å². The van der Waals surface area contributed by atoms with Gasteiger partial charge in [-0.2, -0.15) is 0 Å². The van der Waals surface area contributed by atoms with Crippen molar-refractivity contribution in [2.45, 2.75) is 20.8 Å². The Morgan fingerprint density at radius 1 is 1.21 bits per heavy atom. The monoisotopic (exact) mass is 191 g/mol. The van der Waals surface area contributed by atoms with Crippen LogP contribution in [0.3, 0.4) is 0 Å². The van der Waals surface area contributed by atoms with Gasteiger partial charge >= 0.3 is 0 Å². The van der Waals surface area contributed by atoms with Crippen molar-refractivity contribution in [2.75, 3.05) is 0 Å². The molecule has 1 aromatic carbocycles. The normalized spacial score (nSPS) is 9.43. The molecule has 0 bridgehead atoms. The molecule has 0 saturated carbocycles. The van der Waals surface area contributed by atoms with Crippen LogP contribution in [0, 0.1) is 12.7 Å². The summed E-state index contributed by atoms with van der Waals surface area (Å²) >= 11 is 0. The molecule has 14 heavy (non-hydrogen) atoms. The first kappa shape index (κ1) is 10.6. The van der Waals surface area contributed by atoms with Gasteiger partial charge in [-0.05, 0) is 30.7 Å². The van der Waals surface area contributed by atoms with Crippen molar-refractivity contribution in [3.63, 3.8) is 0 Å². The van der Waals surface area contributed by atoms with Gasteiger partial charge in [0.05, 0.1) is 5.52 Å². The van der Waals surface area contributed by atoms with E-state index in [1.165, 1.54) is 6.07 Å².